The summed E-state index contributed by atoms with van der Waals surface area (Å²) in [6.45, 7) is 4.53. The SMILES string of the molecule is C=C(C)OC(=O)N[C@@H](Cc1ccc(NS(=O)(=O)O)cc1)c1nc(-c2cccc(CF)c2)cs1. The highest BCUT2D eigenvalue weighted by molar-refractivity contribution is 7.87. The number of aromatic nitrogens is 1. The molecule has 0 aliphatic carbocycles. The summed E-state index contributed by atoms with van der Waals surface area (Å²) in [7, 11) is -4.38. The number of nitrogens with one attached hydrogen (secondary N) is 2. The van der Waals surface area contributed by atoms with Gasteiger partial charge in [-0.25, -0.2) is 14.2 Å². The number of nitrogens with zero attached hydrogens (tertiary/aromatic N) is 1. The number of thiazole rings is 1. The van der Waals surface area contributed by atoms with Gasteiger partial charge in [0.25, 0.3) is 0 Å². The van der Waals surface area contributed by atoms with Crippen LogP contribution >= 0.6 is 11.3 Å². The molecule has 0 spiro atoms. The van der Waals surface area contributed by atoms with Crippen molar-refractivity contribution in [3.05, 3.63) is 82.4 Å². The first-order valence-corrected chi connectivity index (χ1v) is 12.0. The van der Waals surface area contributed by atoms with Gasteiger partial charge in [-0.3, -0.25) is 9.27 Å². The highest BCUT2D eigenvalue weighted by atomic mass is 32.2. The Morgan fingerprint density at radius 2 is 1.97 bits per heavy atom. The first-order valence-electron chi connectivity index (χ1n) is 9.71. The molecule has 0 saturated carbocycles. The van der Waals surface area contributed by atoms with Crippen LogP contribution in [0, 0.1) is 0 Å². The molecule has 1 atom stereocenters. The Bertz CT molecular complexity index is 1240. The highest BCUT2D eigenvalue weighted by Gasteiger charge is 2.21. The fourth-order valence-electron chi connectivity index (χ4n) is 3.02. The minimum absolute atomic E-state index is 0.191. The van der Waals surface area contributed by atoms with Gasteiger partial charge in [0.1, 0.15) is 11.7 Å². The summed E-state index contributed by atoms with van der Waals surface area (Å²) in [5.41, 5.74) is 2.92. The number of benzene rings is 2. The number of halogens is 1. The Kier molecular flexibility index (Phi) is 7.79. The van der Waals surface area contributed by atoms with E-state index >= 15 is 0 Å². The van der Waals surface area contributed by atoms with Gasteiger partial charge in [0, 0.05) is 10.9 Å². The number of alkyl carbamates (subject to hydrolysis) is 1. The van der Waals surface area contributed by atoms with Crippen molar-refractivity contribution >= 4 is 33.4 Å². The standard InChI is InChI=1S/C22H22FN3O5S2/c1-14(2)31-22(27)25-19(11-15-6-8-18(9-7-15)26-33(28,29)30)21-24-20(13-32-21)17-5-3-4-16(10-17)12-23/h3-10,13,19,26H,1,11-12H2,2H3,(H,25,27)(H,28,29,30)/t19-/m0/s1. The van der Waals surface area contributed by atoms with Crippen LogP contribution in [0.3, 0.4) is 0 Å². The van der Waals surface area contributed by atoms with E-state index in [2.05, 4.69) is 16.9 Å². The molecule has 174 valence electrons. The van der Waals surface area contributed by atoms with Gasteiger partial charge in [0.2, 0.25) is 0 Å². The van der Waals surface area contributed by atoms with Gasteiger partial charge < -0.3 is 10.1 Å². The third-order valence-corrected chi connectivity index (χ3v) is 5.85. The van der Waals surface area contributed by atoms with Crippen molar-refractivity contribution in [2.24, 2.45) is 0 Å². The number of hydrogen-bond donors (Lipinski definition) is 3. The second kappa shape index (κ2) is 10.6. The lowest BCUT2D eigenvalue weighted by molar-refractivity contribution is 0.172. The molecule has 1 amide bonds. The van der Waals surface area contributed by atoms with E-state index in [-0.39, 0.29) is 11.4 Å². The second-order valence-corrected chi connectivity index (χ2v) is 9.22. The number of carbonyl (C=O) groups excluding carboxylic acids is 1. The van der Waals surface area contributed by atoms with Crippen molar-refractivity contribution < 1.29 is 26.9 Å². The number of ether oxygens (including phenoxy) is 1. The van der Waals surface area contributed by atoms with Crippen LogP contribution in [0.4, 0.5) is 14.9 Å². The molecule has 3 N–H and O–H groups in total. The van der Waals surface area contributed by atoms with E-state index in [9.17, 15) is 17.6 Å². The minimum Gasteiger partial charge on any atom is -0.416 e. The Hall–Kier alpha value is -3.28. The number of rotatable bonds is 9. The van der Waals surface area contributed by atoms with Crippen molar-refractivity contribution in [3.8, 4) is 11.3 Å². The summed E-state index contributed by atoms with van der Waals surface area (Å²) < 4.78 is 50.8. The molecule has 8 nitrogen and oxygen atoms in total. The Morgan fingerprint density at radius 3 is 2.61 bits per heavy atom. The molecule has 2 aromatic carbocycles. The van der Waals surface area contributed by atoms with E-state index in [1.165, 1.54) is 23.5 Å². The number of allylic oxidation sites excluding steroid dienone is 1. The summed E-state index contributed by atoms with van der Waals surface area (Å²) in [4.78, 5) is 16.9. The molecule has 3 rings (SSSR count). The zero-order chi connectivity index (χ0) is 24.0. The van der Waals surface area contributed by atoms with Crippen LogP contribution in [-0.2, 0) is 28.1 Å². The number of carbonyl (C=O) groups is 1. The van der Waals surface area contributed by atoms with Gasteiger partial charge in [-0.15, -0.1) is 11.3 Å². The predicted molar refractivity (Wildman–Crippen MR) is 125 cm³/mol. The number of anilines is 1. The zero-order valence-electron chi connectivity index (χ0n) is 17.6. The quantitative estimate of drug-likeness (QED) is 0.285. The van der Waals surface area contributed by atoms with Crippen molar-refractivity contribution in [1.29, 1.82) is 0 Å². The fourth-order valence-corrected chi connectivity index (χ4v) is 4.33. The number of hydrogen-bond acceptors (Lipinski definition) is 6. The molecule has 0 fully saturated rings. The van der Waals surface area contributed by atoms with Gasteiger partial charge in [-0.1, -0.05) is 36.9 Å². The minimum atomic E-state index is -4.38. The van der Waals surface area contributed by atoms with Crippen LogP contribution in [0.25, 0.3) is 11.3 Å². The molecule has 0 unspecified atom stereocenters. The lowest BCUT2D eigenvalue weighted by Crippen LogP contribution is -2.30. The van der Waals surface area contributed by atoms with Gasteiger partial charge >= 0.3 is 16.4 Å². The summed E-state index contributed by atoms with van der Waals surface area (Å²) in [6.07, 6.45) is -0.358. The second-order valence-electron chi connectivity index (χ2n) is 7.17. The topological polar surface area (TPSA) is 118 Å². The van der Waals surface area contributed by atoms with Gasteiger partial charge in [0.15, 0.2) is 0 Å². The summed E-state index contributed by atoms with van der Waals surface area (Å²) in [6, 6.07) is 12.7. The third-order valence-electron chi connectivity index (χ3n) is 4.40. The fraction of sp³-hybridized carbons (Fsp3) is 0.182. The normalized spacial score (nSPS) is 12.1. The molecule has 33 heavy (non-hydrogen) atoms. The summed E-state index contributed by atoms with van der Waals surface area (Å²) in [5, 5.41) is 5.20. The van der Waals surface area contributed by atoms with Crippen molar-refractivity contribution in [2.75, 3.05) is 4.72 Å². The third kappa shape index (κ3) is 7.38. The van der Waals surface area contributed by atoms with Crippen LogP contribution in [0.2, 0.25) is 0 Å². The largest absolute Gasteiger partial charge is 0.416 e. The lowest BCUT2D eigenvalue weighted by Gasteiger charge is -2.17. The van der Waals surface area contributed by atoms with E-state index in [0.29, 0.717) is 22.7 Å². The summed E-state index contributed by atoms with van der Waals surface area (Å²) in [5.74, 6) is 0.231. The molecule has 0 bridgehead atoms. The molecule has 1 aromatic heterocycles. The van der Waals surface area contributed by atoms with Crippen LogP contribution in [0.1, 0.15) is 29.1 Å². The summed E-state index contributed by atoms with van der Waals surface area (Å²) >= 11 is 1.33. The smallest absolute Gasteiger partial charge is 0.412 e. The van der Waals surface area contributed by atoms with Crippen molar-refractivity contribution in [3.63, 3.8) is 0 Å². The van der Waals surface area contributed by atoms with Gasteiger partial charge in [-0.05, 0) is 42.7 Å². The molecular formula is C22H22FN3O5S2. The van der Waals surface area contributed by atoms with Crippen molar-refractivity contribution in [1.82, 2.24) is 10.3 Å². The van der Waals surface area contributed by atoms with E-state index in [4.69, 9.17) is 9.29 Å². The number of alkyl halides is 1. The lowest BCUT2D eigenvalue weighted by atomic mass is 10.1. The highest BCUT2D eigenvalue weighted by Crippen LogP contribution is 2.29. The van der Waals surface area contributed by atoms with Crippen LogP contribution in [-0.4, -0.2) is 24.0 Å². The maximum absolute atomic E-state index is 13.0. The maximum atomic E-state index is 13.0. The Morgan fingerprint density at radius 1 is 1.24 bits per heavy atom. The van der Waals surface area contributed by atoms with Gasteiger partial charge in [0.05, 0.1) is 23.2 Å². The molecule has 0 aliphatic heterocycles. The monoisotopic (exact) mass is 491 g/mol. The average molecular weight is 492 g/mol. The molecule has 0 aliphatic rings. The maximum Gasteiger partial charge on any atom is 0.412 e. The van der Waals surface area contributed by atoms with Crippen LogP contribution < -0.4 is 10.0 Å². The van der Waals surface area contributed by atoms with E-state index in [1.54, 1.807) is 37.3 Å². The van der Waals surface area contributed by atoms with Crippen molar-refractivity contribution in [2.45, 2.75) is 26.1 Å². The molecule has 1 heterocycles. The molecule has 0 saturated heterocycles. The first-order chi connectivity index (χ1) is 15.6. The Balaban J connectivity index is 1.84. The van der Waals surface area contributed by atoms with E-state index in [0.717, 1.165) is 11.1 Å². The Labute approximate surface area is 195 Å². The first kappa shape index (κ1) is 24.4. The molecule has 3 aromatic rings. The zero-order valence-corrected chi connectivity index (χ0v) is 19.2. The van der Waals surface area contributed by atoms with E-state index < -0.39 is 29.1 Å². The molecule has 0 radical (unpaired) electrons. The predicted octanol–water partition coefficient (Wildman–Crippen LogP) is 5.04. The average Bonchev–Trinajstić information content (AvgIpc) is 3.23. The van der Waals surface area contributed by atoms with Crippen LogP contribution in [0.5, 0.6) is 0 Å². The van der Waals surface area contributed by atoms with E-state index in [1.807, 2.05) is 16.2 Å². The number of amides is 1. The van der Waals surface area contributed by atoms with Gasteiger partial charge in [-0.2, -0.15) is 8.42 Å². The molecular weight excluding hydrogens is 469 g/mol. The van der Waals surface area contributed by atoms with Crippen LogP contribution in [0.15, 0.2) is 66.2 Å². The molecule has 11 heteroatoms.